The van der Waals surface area contributed by atoms with Crippen molar-refractivity contribution in [3.05, 3.63) is 23.8 Å². The summed E-state index contributed by atoms with van der Waals surface area (Å²) >= 11 is 0. The van der Waals surface area contributed by atoms with Gasteiger partial charge in [0, 0.05) is 19.6 Å². The van der Waals surface area contributed by atoms with Crippen LogP contribution < -0.4 is 10.2 Å². The number of hydrogen-bond acceptors (Lipinski definition) is 2. The maximum Gasteiger partial charge on any atom is 0.391 e. The molecule has 1 saturated heterocycles. The van der Waals surface area contributed by atoms with Crippen molar-refractivity contribution in [3.8, 4) is 0 Å². The molecule has 0 aliphatic carbocycles. The van der Waals surface area contributed by atoms with Crippen molar-refractivity contribution in [1.82, 2.24) is 0 Å². The average molecular weight is 284 g/mol. The summed E-state index contributed by atoms with van der Waals surface area (Å²) in [4.78, 5) is 2.10. The van der Waals surface area contributed by atoms with E-state index in [9.17, 15) is 13.2 Å². The Morgan fingerprint density at radius 2 is 1.90 bits per heavy atom. The monoisotopic (exact) mass is 284 g/mol. The zero-order chi connectivity index (χ0) is 14.2. The first-order valence-corrected chi connectivity index (χ1v) is 7.23. The predicted molar refractivity (Wildman–Crippen MR) is 74.2 cm³/mol. The van der Waals surface area contributed by atoms with Gasteiger partial charge in [-0.25, -0.2) is 0 Å². The van der Waals surface area contributed by atoms with Crippen LogP contribution in [0.5, 0.6) is 0 Å². The summed E-state index contributed by atoms with van der Waals surface area (Å²) in [6, 6.07) is 6.13. The number of alkyl halides is 3. The Balaban J connectivity index is 1.76. The number of anilines is 2. The van der Waals surface area contributed by atoms with Crippen LogP contribution in [0, 0.1) is 5.92 Å². The summed E-state index contributed by atoms with van der Waals surface area (Å²) in [6.45, 7) is 1.92. The number of nitrogens with zero attached hydrogens (tertiary/aromatic N) is 1. The van der Waals surface area contributed by atoms with E-state index in [4.69, 9.17) is 0 Å². The molecule has 2 aliphatic rings. The van der Waals surface area contributed by atoms with Crippen LogP contribution in [0.15, 0.2) is 18.2 Å². The Morgan fingerprint density at radius 3 is 2.60 bits per heavy atom. The van der Waals surface area contributed by atoms with Crippen LogP contribution in [0.4, 0.5) is 24.5 Å². The molecule has 20 heavy (non-hydrogen) atoms. The maximum absolute atomic E-state index is 12.7. The number of benzene rings is 1. The van der Waals surface area contributed by atoms with Gasteiger partial charge in [0.15, 0.2) is 0 Å². The summed E-state index contributed by atoms with van der Waals surface area (Å²) in [5, 5.41) is 3.41. The van der Waals surface area contributed by atoms with Gasteiger partial charge in [0.1, 0.15) is 0 Å². The molecule has 1 N–H and O–H groups in total. The van der Waals surface area contributed by atoms with Gasteiger partial charge in [-0.1, -0.05) is 12.1 Å². The van der Waals surface area contributed by atoms with E-state index in [0.29, 0.717) is 13.1 Å². The Bertz CT molecular complexity index is 476. The van der Waals surface area contributed by atoms with E-state index in [1.165, 1.54) is 5.56 Å². The van der Waals surface area contributed by atoms with Gasteiger partial charge >= 0.3 is 6.18 Å². The van der Waals surface area contributed by atoms with Crippen LogP contribution >= 0.6 is 0 Å². The van der Waals surface area contributed by atoms with Crippen molar-refractivity contribution in [2.24, 2.45) is 5.92 Å². The molecule has 1 fully saturated rings. The largest absolute Gasteiger partial charge is 0.391 e. The number of nitrogens with one attached hydrogen (secondary N) is 1. The van der Waals surface area contributed by atoms with Crippen LogP contribution in [-0.2, 0) is 6.42 Å². The van der Waals surface area contributed by atoms with Gasteiger partial charge < -0.3 is 10.2 Å². The molecule has 1 aromatic carbocycles. The number of piperidine rings is 1. The third-order valence-corrected chi connectivity index (χ3v) is 4.35. The lowest BCUT2D eigenvalue weighted by molar-refractivity contribution is -0.179. The molecular weight excluding hydrogens is 265 g/mol. The third kappa shape index (κ3) is 2.58. The van der Waals surface area contributed by atoms with Gasteiger partial charge in [-0.3, -0.25) is 0 Å². The van der Waals surface area contributed by atoms with E-state index in [-0.39, 0.29) is 12.8 Å². The first-order chi connectivity index (χ1) is 9.55. The highest BCUT2D eigenvalue weighted by molar-refractivity contribution is 5.74. The molecule has 0 saturated carbocycles. The first-order valence-electron chi connectivity index (χ1n) is 7.23. The third-order valence-electron chi connectivity index (χ3n) is 4.35. The Labute approximate surface area is 117 Å². The summed E-state index contributed by atoms with van der Waals surface area (Å²) in [6.07, 6.45) is -1.47. The number of halogens is 3. The Hall–Kier alpha value is -1.39. The van der Waals surface area contributed by atoms with Crippen molar-refractivity contribution in [2.45, 2.75) is 31.9 Å². The fourth-order valence-corrected chi connectivity index (χ4v) is 3.20. The molecule has 0 amide bonds. The maximum atomic E-state index is 12.7. The van der Waals surface area contributed by atoms with Gasteiger partial charge in [0.25, 0.3) is 0 Å². The van der Waals surface area contributed by atoms with E-state index >= 15 is 0 Å². The molecule has 2 nitrogen and oxygen atoms in total. The van der Waals surface area contributed by atoms with Crippen molar-refractivity contribution in [3.63, 3.8) is 0 Å². The molecule has 3 rings (SSSR count). The lowest BCUT2D eigenvalue weighted by atomic mass is 9.94. The summed E-state index contributed by atoms with van der Waals surface area (Å²) < 4.78 is 38.1. The van der Waals surface area contributed by atoms with E-state index in [1.54, 1.807) is 0 Å². The quantitative estimate of drug-likeness (QED) is 0.843. The fraction of sp³-hybridized carbons (Fsp3) is 0.600. The molecule has 0 bridgehead atoms. The van der Waals surface area contributed by atoms with E-state index in [0.717, 1.165) is 30.8 Å². The fourth-order valence-electron chi connectivity index (χ4n) is 3.20. The van der Waals surface area contributed by atoms with Crippen molar-refractivity contribution in [1.29, 1.82) is 0 Å². The second-order valence-corrected chi connectivity index (χ2v) is 5.64. The van der Waals surface area contributed by atoms with Gasteiger partial charge in [-0.15, -0.1) is 0 Å². The summed E-state index contributed by atoms with van der Waals surface area (Å²) in [5.74, 6) is -1.13. The first kappa shape index (κ1) is 13.6. The molecule has 2 aliphatic heterocycles. The molecule has 110 valence electrons. The molecule has 0 spiro atoms. The van der Waals surface area contributed by atoms with E-state index < -0.39 is 12.1 Å². The molecule has 0 radical (unpaired) electrons. The standard InChI is InChI=1S/C15H19F3N2/c16-15(17,18)12-6-9-20(10-7-12)13-5-1-3-11-4-2-8-19-14(11)13/h1,3,5,12,19H,2,4,6-10H2. The predicted octanol–water partition coefficient (Wildman–Crippen LogP) is 3.82. The SMILES string of the molecule is FC(F)(F)C1CCN(c2cccc3c2NCCC3)CC1. The minimum absolute atomic E-state index is 0.202. The zero-order valence-corrected chi connectivity index (χ0v) is 11.3. The number of fused-ring (bicyclic) bond motifs is 1. The van der Waals surface area contributed by atoms with Gasteiger partial charge in [0.2, 0.25) is 0 Å². The normalized spacial score (nSPS) is 20.4. The minimum atomic E-state index is -4.04. The lowest BCUT2D eigenvalue weighted by Crippen LogP contribution is -2.39. The highest BCUT2D eigenvalue weighted by Crippen LogP contribution is 2.38. The molecule has 0 aromatic heterocycles. The Morgan fingerprint density at radius 1 is 1.15 bits per heavy atom. The molecular formula is C15H19F3N2. The number of hydrogen-bond donors (Lipinski definition) is 1. The number of rotatable bonds is 1. The van der Waals surface area contributed by atoms with Crippen LogP contribution in [-0.4, -0.2) is 25.8 Å². The van der Waals surface area contributed by atoms with Crippen LogP contribution in [0.25, 0.3) is 0 Å². The highest BCUT2D eigenvalue weighted by Gasteiger charge is 2.41. The number of aryl methyl sites for hydroxylation is 1. The highest BCUT2D eigenvalue weighted by atomic mass is 19.4. The minimum Gasteiger partial charge on any atom is -0.383 e. The molecule has 0 unspecified atom stereocenters. The van der Waals surface area contributed by atoms with Gasteiger partial charge in [-0.2, -0.15) is 13.2 Å². The van der Waals surface area contributed by atoms with Crippen LogP contribution in [0.2, 0.25) is 0 Å². The second kappa shape index (κ2) is 5.19. The smallest absolute Gasteiger partial charge is 0.383 e. The lowest BCUT2D eigenvalue weighted by Gasteiger charge is -2.36. The van der Waals surface area contributed by atoms with Crippen molar-refractivity contribution in [2.75, 3.05) is 29.9 Å². The van der Waals surface area contributed by atoms with Gasteiger partial charge in [-0.05, 0) is 37.3 Å². The summed E-state index contributed by atoms with van der Waals surface area (Å²) in [5.41, 5.74) is 3.48. The van der Waals surface area contributed by atoms with E-state index in [1.807, 2.05) is 12.1 Å². The van der Waals surface area contributed by atoms with Crippen LogP contribution in [0.3, 0.4) is 0 Å². The zero-order valence-electron chi connectivity index (χ0n) is 11.3. The van der Waals surface area contributed by atoms with Gasteiger partial charge in [0.05, 0.1) is 17.3 Å². The van der Waals surface area contributed by atoms with E-state index in [2.05, 4.69) is 16.3 Å². The molecule has 1 aromatic rings. The Kier molecular flexibility index (Phi) is 3.52. The summed E-state index contributed by atoms with van der Waals surface area (Å²) in [7, 11) is 0. The average Bonchev–Trinajstić information content (AvgIpc) is 2.46. The van der Waals surface area contributed by atoms with Crippen LogP contribution in [0.1, 0.15) is 24.8 Å². The molecule has 0 atom stereocenters. The topological polar surface area (TPSA) is 15.3 Å². The second-order valence-electron chi connectivity index (χ2n) is 5.64. The molecule has 2 heterocycles. The number of para-hydroxylation sites is 1. The molecule has 5 heteroatoms. The van der Waals surface area contributed by atoms with Crippen molar-refractivity contribution < 1.29 is 13.2 Å². The van der Waals surface area contributed by atoms with Crippen molar-refractivity contribution >= 4 is 11.4 Å².